The summed E-state index contributed by atoms with van der Waals surface area (Å²) in [5.74, 6) is 0.0957. The summed E-state index contributed by atoms with van der Waals surface area (Å²) in [5.41, 5.74) is 2.43. The van der Waals surface area contributed by atoms with E-state index in [1.807, 2.05) is 35.2 Å². The van der Waals surface area contributed by atoms with Crippen LogP contribution in [0.4, 0.5) is 4.39 Å². The van der Waals surface area contributed by atoms with Crippen molar-refractivity contribution in [1.29, 1.82) is 0 Å². The molecule has 3 rings (SSSR count). The summed E-state index contributed by atoms with van der Waals surface area (Å²) >= 11 is 0. The van der Waals surface area contributed by atoms with Gasteiger partial charge >= 0.3 is 0 Å². The first-order chi connectivity index (χ1) is 16.5. The second-order valence-electron chi connectivity index (χ2n) is 7.86. The predicted molar refractivity (Wildman–Crippen MR) is 129 cm³/mol. The number of ether oxygens (including phenoxy) is 3. The maximum atomic E-state index is 14.4. The minimum atomic E-state index is -0.704. The van der Waals surface area contributed by atoms with Gasteiger partial charge in [0.1, 0.15) is 5.69 Å². The molecule has 3 aromatic rings. The molecule has 2 aromatic carbocycles. The first-order valence-corrected chi connectivity index (χ1v) is 11.1. The fourth-order valence-corrected chi connectivity index (χ4v) is 3.60. The number of aryl methyl sites for hydroxylation is 1. The van der Waals surface area contributed by atoms with Crippen LogP contribution in [0.15, 0.2) is 67.3 Å². The average molecular weight is 470 g/mol. The molecule has 0 radical (unpaired) electrons. The van der Waals surface area contributed by atoms with Crippen LogP contribution in [0.1, 0.15) is 5.56 Å². The zero-order valence-electron chi connectivity index (χ0n) is 19.7. The lowest BCUT2D eigenvalue weighted by atomic mass is 10.1. The van der Waals surface area contributed by atoms with Crippen molar-refractivity contribution in [2.24, 2.45) is 7.05 Å². The van der Waals surface area contributed by atoms with Crippen molar-refractivity contribution >= 4 is 0 Å². The number of rotatable bonds is 14. The van der Waals surface area contributed by atoms with Crippen LogP contribution in [0.3, 0.4) is 0 Å². The molecule has 0 fully saturated rings. The van der Waals surface area contributed by atoms with E-state index in [2.05, 4.69) is 6.58 Å². The highest BCUT2D eigenvalue weighted by Crippen LogP contribution is 2.34. The van der Waals surface area contributed by atoms with Gasteiger partial charge in [0.05, 0.1) is 31.5 Å². The van der Waals surface area contributed by atoms with Gasteiger partial charge < -0.3 is 19.3 Å². The van der Waals surface area contributed by atoms with E-state index in [-0.39, 0.29) is 12.4 Å². The molecule has 7 nitrogen and oxygen atoms in total. The van der Waals surface area contributed by atoms with Crippen molar-refractivity contribution in [3.05, 3.63) is 78.6 Å². The highest BCUT2D eigenvalue weighted by atomic mass is 19.1. The molecule has 8 heteroatoms. The van der Waals surface area contributed by atoms with E-state index in [0.29, 0.717) is 38.7 Å². The number of hydrogen-bond donors (Lipinski definition) is 1. The van der Waals surface area contributed by atoms with Gasteiger partial charge in [-0.2, -0.15) is 5.10 Å². The Bertz CT molecular complexity index is 1040. The topological polar surface area (TPSA) is 69.0 Å². The minimum absolute atomic E-state index is 0.118. The average Bonchev–Trinajstić information content (AvgIpc) is 3.14. The van der Waals surface area contributed by atoms with Crippen molar-refractivity contribution in [3.8, 4) is 22.9 Å². The van der Waals surface area contributed by atoms with Crippen molar-refractivity contribution in [1.82, 2.24) is 14.7 Å². The monoisotopic (exact) mass is 469 g/mol. The third-order valence-corrected chi connectivity index (χ3v) is 5.19. The zero-order valence-corrected chi connectivity index (χ0v) is 19.7. The summed E-state index contributed by atoms with van der Waals surface area (Å²) in [5, 5.41) is 15.2. The number of aliphatic hydroxyl groups excluding tert-OH is 1. The molecule has 0 bridgehead atoms. The lowest BCUT2D eigenvalue weighted by Gasteiger charge is -2.25. The Labute approximate surface area is 200 Å². The molecular weight excluding hydrogens is 437 g/mol. The van der Waals surface area contributed by atoms with E-state index in [4.69, 9.17) is 19.3 Å². The van der Waals surface area contributed by atoms with Crippen molar-refractivity contribution in [3.63, 3.8) is 0 Å². The summed E-state index contributed by atoms with van der Waals surface area (Å²) in [4.78, 5) is 2.04. The number of halogens is 1. The van der Waals surface area contributed by atoms with Crippen molar-refractivity contribution in [2.45, 2.75) is 12.6 Å². The summed E-state index contributed by atoms with van der Waals surface area (Å²) in [6.45, 7) is 5.98. The van der Waals surface area contributed by atoms with E-state index in [1.165, 1.54) is 6.07 Å². The lowest BCUT2D eigenvalue weighted by molar-refractivity contribution is 0.0193. The van der Waals surface area contributed by atoms with Gasteiger partial charge in [-0.1, -0.05) is 48.5 Å². The molecule has 0 aliphatic heterocycles. The second kappa shape index (κ2) is 13.0. The van der Waals surface area contributed by atoms with Crippen LogP contribution in [-0.4, -0.2) is 65.9 Å². The first-order valence-electron chi connectivity index (χ1n) is 11.1. The van der Waals surface area contributed by atoms with E-state index in [9.17, 15) is 9.50 Å². The normalized spacial score (nSPS) is 12.1. The summed E-state index contributed by atoms with van der Waals surface area (Å²) < 4.78 is 32.7. The molecule has 1 aromatic heterocycles. The molecule has 0 spiro atoms. The fraction of sp³-hybridized carbons (Fsp3) is 0.346. The molecule has 0 unspecified atom stereocenters. The van der Waals surface area contributed by atoms with Gasteiger partial charge in [-0.05, 0) is 12.1 Å². The minimum Gasteiger partial charge on any atom is -0.436 e. The molecule has 0 saturated carbocycles. The quantitative estimate of drug-likeness (QED) is 0.284. The zero-order chi connectivity index (χ0) is 24.3. The highest BCUT2D eigenvalue weighted by molar-refractivity contribution is 5.65. The summed E-state index contributed by atoms with van der Waals surface area (Å²) in [7, 11) is 3.40. The highest BCUT2D eigenvalue weighted by Gasteiger charge is 2.24. The van der Waals surface area contributed by atoms with Crippen LogP contribution < -0.4 is 4.74 Å². The molecule has 182 valence electrons. The molecule has 0 aliphatic rings. The molecule has 0 aliphatic carbocycles. The van der Waals surface area contributed by atoms with Crippen LogP contribution in [0, 0.1) is 5.82 Å². The molecule has 1 heterocycles. The van der Waals surface area contributed by atoms with E-state index < -0.39 is 11.9 Å². The molecule has 0 amide bonds. The predicted octanol–water partition coefficient (Wildman–Crippen LogP) is 4.03. The largest absolute Gasteiger partial charge is 0.436 e. The Kier molecular flexibility index (Phi) is 9.78. The van der Waals surface area contributed by atoms with Gasteiger partial charge in [-0.15, -0.1) is 6.58 Å². The van der Waals surface area contributed by atoms with Crippen LogP contribution in [0.25, 0.3) is 11.3 Å². The Balaban J connectivity index is 1.94. The maximum absolute atomic E-state index is 14.4. The van der Waals surface area contributed by atoms with E-state index in [1.54, 1.807) is 43.1 Å². The summed E-state index contributed by atoms with van der Waals surface area (Å²) in [6, 6.07) is 16.0. The Hall–Kier alpha value is -3.04. The van der Waals surface area contributed by atoms with Gasteiger partial charge in [-0.3, -0.25) is 4.90 Å². The Morgan fingerprint density at radius 1 is 1.18 bits per heavy atom. The van der Waals surface area contributed by atoms with Crippen LogP contribution in [0.2, 0.25) is 0 Å². The summed E-state index contributed by atoms with van der Waals surface area (Å²) in [6.07, 6.45) is 0.938. The van der Waals surface area contributed by atoms with E-state index >= 15 is 0 Å². The second-order valence-corrected chi connectivity index (χ2v) is 7.86. The number of hydrogen-bond acceptors (Lipinski definition) is 6. The molecular formula is C26H32FN3O4. The Morgan fingerprint density at radius 2 is 1.91 bits per heavy atom. The number of aliphatic hydroxyl groups is 1. The molecule has 1 atom stereocenters. The van der Waals surface area contributed by atoms with Gasteiger partial charge in [-0.25, -0.2) is 9.07 Å². The Morgan fingerprint density at radius 3 is 2.62 bits per heavy atom. The van der Waals surface area contributed by atoms with Gasteiger partial charge in [0.15, 0.2) is 11.6 Å². The fourth-order valence-electron chi connectivity index (χ4n) is 3.60. The van der Waals surface area contributed by atoms with Crippen LogP contribution in [0.5, 0.6) is 11.6 Å². The molecule has 34 heavy (non-hydrogen) atoms. The maximum Gasteiger partial charge on any atom is 0.222 e. The third kappa shape index (κ3) is 6.98. The standard InChI is InChI=1S/C26H32FN3O4/c1-4-15-33-19-21(31)17-30(14-16-32-3)18-22-25(20-10-6-5-7-11-20)28-29(2)26(22)34-24-13-9-8-12-23(24)27/h4-13,21,31H,1,14-19H2,2-3H3/t21-/m1/s1. The van der Waals surface area contributed by atoms with Crippen molar-refractivity contribution in [2.75, 3.05) is 40.0 Å². The lowest BCUT2D eigenvalue weighted by Crippen LogP contribution is -2.36. The number of nitrogens with zero attached hydrogens (tertiary/aromatic N) is 3. The van der Waals surface area contributed by atoms with Crippen molar-refractivity contribution < 1.29 is 23.7 Å². The number of benzene rings is 2. The van der Waals surface area contributed by atoms with E-state index in [0.717, 1.165) is 16.8 Å². The first kappa shape index (κ1) is 25.6. The third-order valence-electron chi connectivity index (χ3n) is 5.19. The van der Waals surface area contributed by atoms with Crippen LogP contribution in [-0.2, 0) is 23.1 Å². The number of para-hydroxylation sites is 1. The van der Waals surface area contributed by atoms with Crippen LogP contribution >= 0.6 is 0 Å². The number of methoxy groups -OCH3 is 1. The molecule has 1 N–H and O–H groups in total. The molecule has 0 saturated heterocycles. The van der Waals surface area contributed by atoms with Gasteiger partial charge in [0.25, 0.3) is 0 Å². The SMILES string of the molecule is C=CCOC[C@H](O)CN(CCOC)Cc1c(-c2ccccc2)nn(C)c1Oc1ccccc1F. The van der Waals surface area contributed by atoms with Gasteiger partial charge in [0, 0.05) is 39.4 Å². The number of aromatic nitrogens is 2. The smallest absolute Gasteiger partial charge is 0.222 e. The van der Waals surface area contributed by atoms with Gasteiger partial charge in [0.2, 0.25) is 5.88 Å².